The van der Waals surface area contributed by atoms with Gasteiger partial charge in [-0.05, 0) is 37.4 Å². The van der Waals surface area contributed by atoms with Gasteiger partial charge in [0.2, 0.25) is 0 Å². The monoisotopic (exact) mass is 349 g/mol. The number of ether oxygens (including phenoxy) is 1. The molecule has 21 heavy (non-hydrogen) atoms. The molecule has 110 valence electrons. The summed E-state index contributed by atoms with van der Waals surface area (Å²) in [6.07, 6.45) is 1.61. The van der Waals surface area contributed by atoms with Gasteiger partial charge in [-0.2, -0.15) is 0 Å². The van der Waals surface area contributed by atoms with Gasteiger partial charge in [0.25, 0.3) is 5.91 Å². The van der Waals surface area contributed by atoms with E-state index in [9.17, 15) is 4.79 Å². The average molecular weight is 350 g/mol. The third kappa shape index (κ3) is 5.17. The van der Waals surface area contributed by atoms with Crippen LogP contribution in [0.25, 0.3) is 0 Å². The number of halogens is 1. The lowest BCUT2D eigenvalue weighted by molar-refractivity contribution is -0.118. The quantitative estimate of drug-likeness (QED) is 0.841. The summed E-state index contributed by atoms with van der Waals surface area (Å²) in [5, 5.41) is 5.77. The van der Waals surface area contributed by atoms with E-state index in [1.807, 2.05) is 37.4 Å². The fourth-order valence-electron chi connectivity index (χ4n) is 1.69. The molecule has 2 N–H and O–H groups in total. The fraction of sp³-hybridized carbons (Fsp3) is 0.200. The van der Waals surface area contributed by atoms with Crippen molar-refractivity contribution >= 4 is 27.5 Å². The van der Waals surface area contributed by atoms with Crippen LogP contribution in [0.3, 0.4) is 0 Å². The number of hydrogen-bond acceptors (Lipinski definition) is 4. The molecule has 1 aromatic carbocycles. The molecule has 0 aliphatic carbocycles. The molecular weight excluding hydrogens is 334 g/mol. The van der Waals surface area contributed by atoms with E-state index in [0.29, 0.717) is 12.3 Å². The minimum Gasteiger partial charge on any atom is -0.482 e. The highest BCUT2D eigenvalue weighted by Gasteiger charge is 2.04. The average Bonchev–Trinajstić information content (AvgIpc) is 2.47. The van der Waals surface area contributed by atoms with Gasteiger partial charge in [-0.15, -0.1) is 0 Å². The number of carbonyl (C=O) groups is 1. The van der Waals surface area contributed by atoms with E-state index in [0.717, 1.165) is 15.9 Å². The van der Waals surface area contributed by atoms with Crippen LogP contribution in [0.2, 0.25) is 0 Å². The first-order valence-corrected chi connectivity index (χ1v) is 7.24. The van der Waals surface area contributed by atoms with E-state index in [1.54, 1.807) is 12.3 Å². The maximum atomic E-state index is 11.8. The Kier molecular flexibility index (Phi) is 5.71. The second-order valence-corrected chi connectivity index (χ2v) is 5.28. The predicted octanol–water partition coefficient (Wildman–Crippen LogP) is 2.58. The highest BCUT2D eigenvalue weighted by Crippen LogP contribution is 2.15. The van der Waals surface area contributed by atoms with Crippen molar-refractivity contribution in [3.05, 3.63) is 52.8 Å². The van der Waals surface area contributed by atoms with E-state index in [2.05, 4.69) is 31.5 Å². The van der Waals surface area contributed by atoms with E-state index in [4.69, 9.17) is 4.74 Å². The van der Waals surface area contributed by atoms with Crippen LogP contribution in [0, 0.1) is 0 Å². The summed E-state index contributed by atoms with van der Waals surface area (Å²) in [6.45, 7) is 0.642. The van der Waals surface area contributed by atoms with Crippen LogP contribution in [0.5, 0.6) is 5.75 Å². The summed E-state index contributed by atoms with van der Waals surface area (Å²) < 4.78 is 6.30. The number of nitrogens with zero attached hydrogens (tertiary/aromatic N) is 1. The van der Waals surface area contributed by atoms with Crippen LogP contribution in [-0.2, 0) is 11.3 Å². The molecule has 0 radical (unpaired) electrons. The third-order valence-corrected chi connectivity index (χ3v) is 3.13. The summed E-state index contributed by atoms with van der Waals surface area (Å²) in [7, 11) is 1.86. The molecule has 0 fully saturated rings. The van der Waals surface area contributed by atoms with Crippen molar-refractivity contribution in [1.29, 1.82) is 0 Å². The van der Waals surface area contributed by atoms with Crippen molar-refractivity contribution in [3.8, 4) is 5.75 Å². The fourth-order valence-corrected chi connectivity index (χ4v) is 2.09. The van der Waals surface area contributed by atoms with Gasteiger partial charge in [0.1, 0.15) is 5.75 Å². The number of rotatable bonds is 6. The SMILES string of the molecule is CNCc1ccc(OCC(=O)Nc2cccc(Br)c2)cn1. The van der Waals surface area contributed by atoms with Gasteiger partial charge < -0.3 is 15.4 Å². The summed E-state index contributed by atoms with van der Waals surface area (Å²) in [4.78, 5) is 16.0. The highest BCUT2D eigenvalue weighted by atomic mass is 79.9. The number of hydrogen-bond donors (Lipinski definition) is 2. The van der Waals surface area contributed by atoms with Gasteiger partial charge in [-0.3, -0.25) is 9.78 Å². The second-order valence-electron chi connectivity index (χ2n) is 4.36. The van der Waals surface area contributed by atoms with Crippen LogP contribution in [0.4, 0.5) is 5.69 Å². The van der Waals surface area contributed by atoms with E-state index >= 15 is 0 Å². The molecule has 2 aromatic rings. The standard InChI is InChI=1S/C15H16BrN3O2/c1-17-8-13-5-6-14(9-18-13)21-10-15(20)19-12-4-2-3-11(16)7-12/h2-7,9,17H,8,10H2,1H3,(H,19,20). The van der Waals surface area contributed by atoms with Crippen molar-refractivity contribution in [2.45, 2.75) is 6.54 Å². The zero-order valence-corrected chi connectivity index (χ0v) is 13.2. The van der Waals surface area contributed by atoms with Gasteiger partial charge >= 0.3 is 0 Å². The molecule has 1 heterocycles. The summed E-state index contributed by atoms with van der Waals surface area (Å²) in [5.41, 5.74) is 1.64. The van der Waals surface area contributed by atoms with E-state index in [-0.39, 0.29) is 12.5 Å². The first kappa shape index (κ1) is 15.5. The molecule has 1 amide bonds. The molecule has 6 heteroatoms. The lowest BCUT2D eigenvalue weighted by Gasteiger charge is -2.08. The van der Waals surface area contributed by atoms with E-state index in [1.165, 1.54) is 0 Å². The lowest BCUT2D eigenvalue weighted by Crippen LogP contribution is -2.20. The van der Waals surface area contributed by atoms with Crippen molar-refractivity contribution in [2.75, 3.05) is 19.0 Å². The van der Waals surface area contributed by atoms with Crippen LogP contribution in [-0.4, -0.2) is 24.5 Å². The Balaban J connectivity index is 1.83. The molecule has 0 unspecified atom stereocenters. The second kappa shape index (κ2) is 7.75. The Hall–Kier alpha value is -1.92. The van der Waals surface area contributed by atoms with Gasteiger partial charge in [-0.1, -0.05) is 22.0 Å². The largest absolute Gasteiger partial charge is 0.482 e. The Labute approximate surface area is 131 Å². The molecule has 5 nitrogen and oxygen atoms in total. The minimum atomic E-state index is -0.215. The molecule has 2 rings (SSSR count). The topological polar surface area (TPSA) is 63.2 Å². The zero-order chi connectivity index (χ0) is 15.1. The minimum absolute atomic E-state index is 0.0560. The predicted molar refractivity (Wildman–Crippen MR) is 85.3 cm³/mol. The molecule has 0 saturated heterocycles. The first-order valence-electron chi connectivity index (χ1n) is 6.45. The van der Waals surface area contributed by atoms with Crippen molar-refractivity contribution in [1.82, 2.24) is 10.3 Å². The number of benzene rings is 1. The Morgan fingerprint density at radius 1 is 1.33 bits per heavy atom. The van der Waals surface area contributed by atoms with E-state index < -0.39 is 0 Å². The molecule has 0 bridgehead atoms. The molecule has 0 atom stereocenters. The zero-order valence-electron chi connectivity index (χ0n) is 11.6. The molecule has 0 aliphatic heterocycles. The number of aromatic nitrogens is 1. The maximum Gasteiger partial charge on any atom is 0.262 e. The molecule has 0 saturated carbocycles. The smallest absolute Gasteiger partial charge is 0.262 e. The summed E-state index contributed by atoms with van der Waals surface area (Å²) >= 11 is 3.35. The molecule has 1 aromatic heterocycles. The maximum absolute atomic E-state index is 11.8. The van der Waals surface area contributed by atoms with Gasteiger partial charge in [0.05, 0.1) is 11.9 Å². The van der Waals surface area contributed by atoms with Crippen LogP contribution < -0.4 is 15.4 Å². The van der Waals surface area contributed by atoms with Gasteiger partial charge in [-0.25, -0.2) is 0 Å². The lowest BCUT2D eigenvalue weighted by atomic mass is 10.3. The van der Waals surface area contributed by atoms with Gasteiger partial charge in [0, 0.05) is 16.7 Å². The van der Waals surface area contributed by atoms with Crippen LogP contribution in [0.1, 0.15) is 5.69 Å². The summed E-state index contributed by atoms with van der Waals surface area (Å²) in [5.74, 6) is 0.353. The first-order chi connectivity index (χ1) is 10.2. The number of nitrogens with one attached hydrogen (secondary N) is 2. The van der Waals surface area contributed by atoms with Crippen LogP contribution >= 0.6 is 15.9 Å². The normalized spacial score (nSPS) is 10.2. The molecular formula is C15H16BrN3O2. The Morgan fingerprint density at radius 3 is 2.86 bits per heavy atom. The van der Waals surface area contributed by atoms with Crippen molar-refractivity contribution in [2.24, 2.45) is 0 Å². The molecule has 0 spiro atoms. The Morgan fingerprint density at radius 2 is 2.19 bits per heavy atom. The van der Waals surface area contributed by atoms with Gasteiger partial charge in [0.15, 0.2) is 6.61 Å². The Bertz CT molecular complexity index is 602. The third-order valence-electron chi connectivity index (χ3n) is 2.63. The van der Waals surface area contributed by atoms with Crippen molar-refractivity contribution in [3.63, 3.8) is 0 Å². The van der Waals surface area contributed by atoms with Crippen LogP contribution in [0.15, 0.2) is 47.1 Å². The number of pyridine rings is 1. The number of carbonyl (C=O) groups excluding carboxylic acids is 1. The van der Waals surface area contributed by atoms with Crippen molar-refractivity contribution < 1.29 is 9.53 Å². The summed E-state index contributed by atoms with van der Waals surface area (Å²) in [6, 6.07) is 11.0. The number of anilines is 1. The highest BCUT2D eigenvalue weighted by molar-refractivity contribution is 9.10. The molecule has 0 aliphatic rings. The number of amides is 1.